The van der Waals surface area contributed by atoms with Gasteiger partial charge in [-0.3, -0.25) is 0 Å². The maximum atomic E-state index is 12.9. The van der Waals surface area contributed by atoms with Gasteiger partial charge in [0.1, 0.15) is 18.6 Å². The van der Waals surface area contributed by atoms with Gasteiger partial charge in [-0.05, 0) is 18.9 Å². The summed E-state index contributed by atoms with van der Waals surface area (Å²) in [5.74, 6) is 1.19. The maximum Gasteiger partial charge on any atom is 0.156 e. The van der Waals surface area contributed by atoms with Crippen molar-refractivity contribution in [2.24, 2.45) is 0 Å². The minimum atomic E-state index is -0.680. The van der Waals surface area contributed by atoms with E-state index >= 15 is 0 Å². The van der Waals surface area contributed by atoms with Crippen LogP contribution in [0.3, 0.4) is 0 Å². The molecule has 5 heteroatoms. The van der Waals surface area contributed by atoms with Crippen LogP contribution in [-0.2, 0) is 6.61 Å². The van der Waals surface area contributed by atoms with Gasteiger partial charge in [0.2, 0.25) is 0 Å². The summed E-state index contributed by atoms with van der Waals surface area (Å²) < 4.78 is 12.9. The average Bonchev–Trinajstić information content (AvgIpc) is 2.30. The van der Waals surface area contributed by atoms with Crippen LogP contribution in [0.25, 0.3) is 0 Å². The highest BCUT2D eigenvalue weighted by molar-refractivity contribution is 5.37. The molecule has 4 nitrogen and oxygen atoms in total. The smallest absolute Gasteiger partial charge is 0.156 e. The molecule has 1 aliphatic heterocycles. The van der Waals surface area contributed by atoms with Crippen LogP contribution in [0.2, 0.25) is 0 Å². The second-order valence-electron chi connectivity index (χ2n) is 3.65. The first-order valence-corrected chi connectivity index (χ1v) is 5.11. The van der Waals surface area contributed by atoms with E-state index in [1.807, 2.05) is 4.90 Å². The number of hydrogen-bond acceptors (Lipinski definition) is 4. The Hall–Kier alpha value is -1.23. The van der Waals surface area contributed by atoms with Gasteiger partial charge in [-0.25, -0.2) is 14.4 Å². The maximum absolute atomic E-state index is 12.9. The molecule has 0 atom stereocenters. The van der Waals surface area contributed by atoms with E-state index in [2.05, 4.69) is 9.97 Å². The first-order chi connectivity index (χ1) is 7.29. The van der Waals surface area contributed by atoms with Crippen LogP contribution < -0.4 is 4.90 Å². The van der Waals surface area contributed by atoms with E-state index < -0.39 is 6.17 Å². The molecule has 0 saturated carbocycles. The molecule has 1 aromatic heterocycles. The lowest BCUT2D eigenvalue weighted by molar-refractivity contribution is 0.269. The van der Waals surface area contributed by atoms with Gasteiger partial charge in [0.25, 0.3) is 0 Å². The second kappa shape index (κ2) is 4.53. The number of aliphatic hydroxyl groups is 1. The van der Waals surface area contributed by atoms with Crippen LogP contribution in [0, 0.1) is 0 Å². The van der Waals surface area contributed by atoms with Gasteiger partial charge in [0.05, 0.1) is 0 Å². The normalized spacial score (nSPS) is 18.1. The van der Waals surface area contributed by atoms with Gasteiger partial charge >= 0.3 is 0 Å². The molecule has 0 unspecified atom stereocenters. The molecular formula is C10H14FN3O. The number of piperidine rings is 1. The van der Waals surface area contributed by atoms with Crippen LogP contribution in [0.4, 0.5) is 10.2 Å². The standard InChI is InChI=1S/C10H14FN3O/c11-8-2-5-14(6-3-8)10-1-4-12-9(7-15)13-10/h1,4,8,15H,2-3,5-7H2. The number of halogens is 1. The Morgan fingerprint density at radius 3 is 2.87 bits per heavy atom. The van der Waals surface area contributed by atoms with E-state index in [4.69, 9.17) is 5.11 Å². The van der Waals surface area contributed by atoms with Crippen molar-refractivity contribution in [2.45, 2.75) is 25.6 Å². The van der Waals surface area contributed by atoms with E-state index in [-0.39, 0.29) is 6.61 Å². The number of alkyl halides is 1. The Morgan fingerprint density at radius 1 is 1.47 bits per heavy atom. The predicted octanol–water partition coefficient (Wildman–Crippen LogP) is 0.907. The van der Waals surface area contributed by atoms with Gasteiger partial charge in [0, 0.05) is 19.3 Å². The van der Waals surface area contributed by atoms with Crippen LogP contribution in [0.1, 0.15) is 18.7 Å². The molecule has 1 aliphatic rings. The predicted molar refractivity (Wildman–Crippen MR) is 54.3 cm³/mol. The quantitative estimate of drug-likeness (QED) is 0.789. The molecule has 0 aliphatic carbocycles. The van der Waals surface area contributed by atoms with E-state index in [9.17, 15) is 4.39 Å². The molecule has 82 valence electrons. The van der Waals surface area contributed by atoms with Gasteiger partial charge in [0.15, 0.2) is 5.82 Å². The SMILES string of the molecule is OCc1nccc(N2CCC(F)CC2)n1. The lowest BCUT2D eigenvalue weighted by Crippen LogP contribution is -2.35. The van der Waals surface area contributed by atoms with Crippen LogP contribution in [0.15, 0.2) is 12.3 Å². The highest BCUT2D eigenvalue weighted by Gasteiger charge is 2.19. The third-order valence-electron chi connectivity index (χ3n) is 2.58. The molecule has 1 saturated heterocycles. The fourth-order valence-corrected chi connectivity index (χ4v) is 1.72. The third-order valence-corrected chi connectivity index (χ3v) is 2.58. The number of aliphatic hydroxyl groups excluding tert-OH is 1. The molecule has 2 rings (SSSR count). The lowest BCUT2D eigenvalue weighted by atomic mass is 10.1. The summed E-state index contributed by atoms with van der Waals surface area (Å²) in [7, 11) is 0. The molecule has 1 aromatic rings. The first-order valence-electron chi connectivity index (χ1n) is 5.11. The second-order valence-corrected chi connectivity index (χ2v) is 3.65. The van der Waals surface area contributed by atoms with Crippen molar-refractivity contribution in [3.63, 3.8) is 0 Å². The molecular weight excluding hydrogens is 197 g/mol. The minimum absolute atomic E-state index is 0.159. The molecule has 0 spiro atoms. The van der Waals surface area contributed by atoms with Crippen molar-refractivity contribution in [3.8, 4) is 0 Å². The fourth-order valence-electron chi connectivity index (χ4n) is 1.72. The number of aromatic nitrogens is 2. The minimum Gasteiger partial charge on any atom is -0.388 e. The van der Waals surface area contributed by atoms with Gasteiger partial charge in [-0.15, -0.1) is 0 Å². The Kier molecular flexibility index (Phi) is 3.11. The highest BCUT2D eigenvalue weighted by Crippen LogP contribution is 2.18. The number of hydrogen-bond donors (Lipinski definition) is 1. The van der Waals surface area contributed by atoms with Crippen molar-refractivity contribution < 1.29 is 9.50 Å². The van der Waals surface area contributed by atoms with Crippen molar-refractivity contribution in [2.75, 3.05) is 18.0 Å². The van der Waals surface area contributed by atoms with Crippen molar-refractivity contribution in [3.05, 3.63) is 18.1 Å². The summed E-state index contributed by atoms with van der Waals surface area (Å²) in [5, 5.41) is 8.90. The Labute approximate surface area is 87.8 Å². The van der Waals surface area contributed by atoms with Crippen molar-refractivity contribution in [1.82, 2.24) is 9.97 Å². The topological polar surface area (TPSA) is 49.3 Å². The zero-order valence-corrected chi connectivity index (χ0v) is 8.43. The van der Waals surface area contributed by atoms with Crippen LogP contribution in [-0.4, -0.2) is 34.3 Å². The number of rotatable bonds is 2. The molecule has 0 radical (unpaired) electrons. The average molecular weight is 211 g/mol. The van der Waals surface area contributed by atoms with E-state index in [0.717, 1.165) is 5.82 Å². The van der Waals surface area contributed by atoms with Crippen molar-refractivity contribution in [1.29, 1.82) is 0 Å². The molecule has 15 heavy (non-hydrogen) atoms. The zero-order valence-electron chi connectivity index (χ0n) is 8.43. The summed E-state index contributed by atoms with van der Waals surface area (Å²) >= 11 is 0. The Balaban J connectivity index is 2.08. The highest BCUT2D eigenvalue weighted by atomic mass is 19.1. The largest absolute Gasteiger partial charge is 0.388 e. The molecule has 0 amide bonds. The first kappa shape index (κ1) is 10.3. The lowest BCUT2D eigenvalue weighted by Gasteiger charge is -2.29. The Bertz CT molecular complexity index is 326. The molecule has 1 N–H and O–H groups in total. The monoisotopic (exact) mass is 211 g/mol. The summed E-state index contributed by atoms with van der Waals surface area (Å²) in [4.78, 5) is 10.1. The third kappa shape index (κ3) is 2.41. The molecule has 0 bridgehead atoms. The van der Waals surface area contributed by atoms with Gasteiger partial charge < -0.3 is 10.0 Å². The van der Waals surface area contributed by atoms with Gasteiger partial charge in [-0.2, -0.15) is 0 Å². The van der Waals surface area contributed by atoms with Crippen LogP contribution in [0.5, 0.6) is 0 Å². The fraction of sp³-hybridized carbons (Fsp3) is 0.600. The number of anilines is 1. The van der Waals surface area contributed by atoms with Crippen molar-refractivity contribution >= 4 is 5.82 Å². The summed E-state index contributed by atoms with van der Waals surface area (Å²) in [6.45, 7) is 1.21. The summed E-state index contributed by atoms with van der Waals surface area (Å²) in [6.07, 6.45) is 2.05. The van der Waals surface area contributed by atoms with E-state index in [0.29, 0.717) is 31.8 Å². The summed E-state index contributed by atoms with van der Waals surface area (Å²) in [5.41, 5.74) is 0. The molecule has 1 fully saturated rings. The molecule has 0 aromatic carbocycles. The Morgan fingerprint density at radius 2 is 2.20 bits per heavy atom. The van der Waals surface area contributed by atoms with Gasteiger partial charge in [-0.1, -0.05) is 0 Å². The number of nitrogens with zero attached hydrogens (tertiary/aromatic N) is 3. The van der Waals surface area contributed by atoms with E-state index in [1.165, 1.54) is 0 Å². The zero-order chi connectivity index (χ0) is 10.7. The van der Waals surface area contributed by atoms with Crippen LogP contribution >= 0.6 is 0 Å². The summed E-state index contributed by atoms with van der Waals surface area (Å²) in [6, 6.07) is 1.79. The van der Waals surface area contributed by atoms with E-state index in [1.54, 1.807) is 12.3 Å². The molecule has 2 heterocycles.